The molecule has 0 fully saturated rings. The zero-order chi connectivity index (χ0) is 15.2. The summed E-state index contributed by atoms with van der Waals surface area (Å²) in [6, 6.07) is 13.6. The van der Waals surface area contributed by atoms with Crippen molar-refractivity contribution in [3.63, 3.8) is 0 Å². The topological polar surface area (TPSA) is 63.6 Å². The number of carboxylic acid groups (broad SMARTS) is 1. The van der Waals surface area contributed by atoms with Crippen molar-refractivity contribution in [2.45, 2.75) is 0 Å². The van der Waals surface area contributed by atoms with Crippen LogP contribution in [-0.2, 0) is 4.79 Å². The summed E-state index contributed by atoms with van der Waals surface area (Å²) in [6.07, 6.45) is 2.53. The van der Waals surface area contributed by atoms with E-state index in [0.717, 1.165) is 11.6 Å². The quantitative estimate of drug-likeness (QED) is 0.676. The number of hydrogen-bond donors (Lipinski definition) is 1. The van der Waals surface area contributed by atoms with Gasteiger partial charge in [-0.1, -0.05) is 24.3 Å². The van der Waals surface area contributed by atoms with Gasteiger partial charge in [0, 0.05) is 17.2 Å². The molecule has 0 saturated carbocycles. The Hall–Kier alpha value is -2.88. The van der Waals surface area contributed by atoms with Crippen molar-refractivity contribution < 1.29 is 19.4 Å². The van der Waals surface area contributed by atoms with Crippen LogP contribution in [0.4, 0.5) is 0 Å². The first-order chi connectivity index (χ1) is 10.1. The largest absolute Gasteiger partial charge is 0.497 e. The molecule has 0 aromatic heterocycles. The average molecular weight is 282 g/mol. The van der Waals surface area contributed by atoms with E-state index in [2.05, 4.69) is 0 Å². The summed E-state index contributed by atoms with van der Waals surface area (Å²) in [4.78, 5) is 22.7. The standard InChI is InChI=1S/C17H14O4/c1-21-15-9-7-14(8-10-15)17(20)13-5-2-12(3-6-13)4-11-16(18)19/h2-11H,1H3,(H,18,19)/b11-4+. The number of ketones is 1. The summed E-state index contributed by atoms with van der Waals surface area (Å²) in [6.45, 7) is 0. The molecule has 0 aliphatic rings. The molecular weight excluding hydrogens is 268 g/mol. The van der Waals surface area contributed by atoms with Gasteiger partial charge in [-0.05, 0) is 35.9 Å². The van der Waals surface area contributed by atoms with Crippen molar-refractivity contribution in [1.82, 2.24) is 0 Å². The lowest BCUT2D eigenvalue weighted by molar-refractivity contribution is -0.131. The van der Waals surface area contributed by atoms with E-state index >= 15 is 0 Å². The molecule has 2 aromatic carbocycles. The number of carbonyl (C=O) groups is 2. The maximum absolute atomic E-state index is 12.3. The highest BCUT2D eigenvalue weighted by Crippen LogP contribution is 2.16. The second-order valence-corrected chi connectivity index (χ2v) is 4.35. The van der Waals surface area contributed by atoms with Gasteiger partial charge in [-0.3, -0.25) is 4.79 Å². The molecule has 0 saturated heterocycles. The van der Waals surface area contributed by atoms with E-state index in [4.69, 9.17) is 9.84 Å². The molecule has 4 heteroatoms. The van der Waals surface area contributed by atoms with Gasteiger partial charge in [0.1, 0.15) is 5.75 Å². The van der Waals surface area contributed by atoms with Gasteiger partial charge >= 0.3 is 5.97 Å². The second-order valence-electron chi connectivity index (χ2n) is 4.35. The highest BCUT2D eigenvalue weighted by atomic mass is 16.5. The number of rotatable bonds is 5. The Morgan fingerprint density at radius 2 is 1.48 bits per heavy atom. The molecule has 21 heavy (non-hydrogen) atoms. The van der Waals surface area contributed by atoms with E-state index in [1.54, 1.807) is 55.6 Å². The van der Waals surface area contributed by atoms with Gasteiger partial charge in [-0.15, -0.1) is 0 Å². The van der Waals surface area contributed by atoms with Crippen molar-refractivity contribution >= 4 is 17.8 Å². The van der Waals surface area contributed by atoms with Crippen molar-refractivity contribution in [1.29, 1.82) is 0 Å². The molecule has 106 valence electrons. The van der Waals surface area contributed by atoms with Crippen LogP contribution in [0.2, 0.25) is 0 Å². The highest BCUT2D eigenvalue weighted by molar-refractivity contribution is 6.09. The minimum absolute atomic E-state index is 0.0913. The van der Waals surface area contributed by atoms with Crippen LogP contribution < -0.4 is 4.74 Å². The molecule has 0 aliphatic carbocycles. The van der Waals surface area contributed by atoms with Crippen molar-refractivity contribution in [3.05, 3.63) is 71.3 Å². The molecular formula is C17H14O4. The first-order valence-corrected chi connectivity index (χ1v) is 6.30. The number of hydrogen-bond acceptors (Lipinski definition) is 3. The molecule has 0 aliphatic heterocycles. The van der Waals surface area contributed by atoms with Crippen LogP contribution in [0.5, 0.6) is 5.75 Å². The van der Waals surface area contributed by atoms with Crippen LogP contribution in [0.1, 0.15) is 21.5 Å². The maximum Gasteiger partial charge on any atom is 0.328 e. The van der Waals surface area contributed by atoms with Crippen LogP contribution in [0.15, 0.2) is 54.6 Å². The summed E-state index contributed by atoms with van der Waals surface area (Å²) in [5, 5.41) is 8.56. The third-order valence-corrected chi connectivity index (χ3v) is 2.94. The lowest BCUT2D eigenvalue weighted by atomic mass is 10.0. The third kappa shape index (κ3) is 3.79. The lowest BCUT2D eigenvalue weighted by Crippen LogP contribution is -2.01. The first-order valence-electron chi connectivity index (χ1n) is 6.30. The molecule has 0 unspecified atom stereocenters. The van der Waals surface area contributed by atoms with Gasteiger partial charge in [0.15, 0.2) is 5.78 Å². The minimum Gasteiger partial charge on any atom is -0.497 e. The van der Waals surface area contributed by atoms with Crippen LogP contribution >= 0.6 is 0 Å². The van der Waals surface area contributed by atoms with Crippen molar-refractivity contribution in [2.75, 3.05) is 7.11 Å². The number of aliphatic carboxylic acids is 1. The number of methoxy groups -OCH3 is 1. The van der Waals surface area contributed by atoms with Crippen LogP contribution in [-0.4, -0.2) is 24.0 Å². The van der Waals surface area contributed by atoms with Crippen LogP contribution in [0.3, 0.4) is 0 Å². The fourth-order valence-corrected chi connectivity index (χ4v) is 1.82. The number of carbonyl (C=O) groups excluding carboxylic acids is 1. The Labute approximate surface area is 122 Å². The monoisotopic (exact) mass is 282 g/mol. The Kier molecular flexibility index (Phi) is 4.51. The van der Waals surface area contributed by atoms with Crippen molar-refractivity contribution in [2.24, 2.45) is 0 Å². The molecule has 2 rings (SSSR count). The molecule has 1 N–H and O–H groups in total. The van der Waals surface area contributed by atoms with Gasteiger partial charge in [0.2, 0.25) is 0 Å². The third-order valence-electron chi connectivity index (χ3n) is 2.94. The number of ether oxygens (including phenoxy) is 1. The van der Waals surface area contributed by atoms with Gasteiger partial charge in [0.25, 0.3) is 0 Å². The van der Waals surface area contributed by atoms with Gasteiger partial charge in [-0.25, -0.2) is 4.79 Å². The van der Waals surface area contributed by atoms with E-state index in [9.17, 15) is 9.59 Å². The first kappa shape index (κ1) is 14.5. The summed E-state index contributed by atoms with van der Waals surface area (Å²) in [7, 11) is 1.57. The average Bonchev–Trinajstić information content (AvgIpc) is 2.53. The fraction of sp³-hybridized carbons (Fsp3) is 0.0588. The molecule has 4 nitrogen and oxygen atoms in total. The Balaban J connectivity index is 2.17. The normalized spacial score (nSPS) is 10.5. The van der Waals surface area contributed by atoms with Gasteiger partial charge < -0.3 is 9.84 Å². The van der Waals surface area contributed by atoms with E-state index in [1.165, 1.54) is 6.08 Å². The number of carboxylic acids is 1. The van der Waals surface area contributed by atoms with E-state index in [-0.39, 0.29) is 5.78 Å². The lowest BCUT2D eigenvalue weighted by Gasteiger charge is -2.03. The van der Waals surface area contributed by atoms with E-state index in [1.807, 2.05) is 0 Å². The summed E-state index contributed by atoms with van der Waals surface area (Å²) in [5.74, 6) is -0.402. The zero-order valence-electron chi connectivity index (χ0n) is 11.4. The highest BCUT2D eigenvalue weighted by Gasteiger charge is 2.08. The van der Waals surface area contributed by atoms with Gasteiger partial charge in [-0.2, -0.15) is 0 Å². The Morgan fingerprint density at radius 1 is 0.952 bits per heavy atom. The SMILES string of the molecule is COc1ccc(C(=O)c2ccc(/C=C/C(=O)O)cc2)cc1. The molecule has 0 atom stereocenters. The maximum atomic E-state index is 12.3. The second kappa shape index (κ2) is 6.52. The molecule has 0 spiro atoms. The van der Waals surface area contributed by atoms with Crippen molar-refractivity contribution in [3.8, 4) is 5.75 Å². The summed E-state index contributed by atoms with van der Waals surface area (Å²) in [5.41, 5.74) is 1.85. The van der Waals surface area contributed by atoms with E-state index in [0.29, 0.717) is 16.9 Å². The molecule has 0 heterocycles. The summed E-state index contributed by atoms with van der Waals surface area (Å²) >= 11 is 0. The van der Waals surface area contributed by atoms with E-state index < -0.39 is 5.97 Å². The summed E-state index contributed by atoms with van der Waals surface area (Å²) < 4.78 is 5.05. The number of benzene rings is 2. The van der Waals surface area contributed by atoms with Crippen LogP contribution in [0.25, 0.3) is 6.08 Å². The fourth-order valence-electron chi connectivity index (χ4n) is 1.82. The predicted octanol–water partition coefficient (Wildman–Crippen LogP) is 3.02. The van der Waals surface area contributed by atoms with Crippen LogP contribution in [0, 0.1) is 0 Å². The minimum atomic E-state index is -1.01. The molecule has 0 amide bonds. The molecule has 0 radical (unpaired) electrons. The van der Waals surface area contributed by atoms with Gasteiger partial charge in [0.05, 0.1) is 7.11 Å². The smallest absolute Gasteiger partial charge is 0.328 e. The predicted molar refractivity (Wildman–Crippen MR) is 79.5 cm³/mol. The molecule has 0 bridgehead atoms. The molecule has 2 aromatic rings. The zero-order valence-corrected chi connectivity index (χ0v) is 11.4. The Morgan fingerprint density at radius 3 is 1.95 bits per heavy atom. The Bertz CT molecular complexity index is 667.